The van der Waals surface area contributed by atoms with Crippen LogP contribution in [-0.4, -0.2) is 25.9 Å². The molecular formula is C15H18FN3O3S. The lowest BCUT2D eigenvalue weighted by Gasteiger charge is -2.14. The van der Waals surface area contributed by atoms with Crippen molar-refractivity contribution in [1.82, 2.24) is 14.6 Å². The van der Waals surface area contributed by atoms with Crippen molar-refractivity contribution in [3.8, 4) is 0 Å². The molecule has 1 aromatic heterocycles. The summed E-state index contributed by atoms with van der Waals surface area (Å²) >= 11 is 0. The predicted molar refractivity (Wildman–Crippen MR) is 83.9 cm³/mol. The quantitative estimate of drug-likeness (QED) is 0.868. The standard InChI is InChI=1S/C15H18FN3O3S/c1-10(11-4-6-12(16)7-5-11)18-15(20)14-8-13(9-19(14)3)23(21,22)17-2/h4-10,17H,1-3H3,(H,18,20)/t10-/m1/s1. The number of amides is 1. The summed E-state index contributed by atoms with van der Waals surface area (Å²) in [7, 11) is -0.718. The Labute approximate surface area is 134 Å². The van der Waals surface area contributed by atoms with Crippen LogP contribution in [0.5, 0.6) is 0 Å². The van der Waals surface area contributed by atoms with E-state index in [0.29, 0.717) is 0 Å². The highest BCUT2D eigenvalue weighted by Gasteiger charge is 2.20. The summed E-state index contributed by atoms with van der Waals surface area (Å²) in [4.78, 5) is 12.3. The first-order chi connectivity index (χ1) is 10.7. The second-order valence-corrected chi connectivity index (χ2v) is 7.01. The number of sulfonamides is 1. The normalized spacial score (nSPS) is 12.9. The van der Waals surface area contributed by atoms with Crippen molar-refractivity contribution in [2.45, 2.75) is 17.9 Å². The fourth-order valence-electron chi connectivity index (χ4n) is 2.13. The number of carbonyl (C=O) groups is 1. The topological polar surface area (TPSA) is 80.2 Å². The number of benzene rings is 1. The van der Waals surface area contributed by atoms with Gasteiger partial charge in [0.1, 0.15) is 16.4 Å². The summed E-state index contributed by atoms with van der Waals surface area (Å²) in [5.41, 5.74) is 0.963. The van der Waals surface area contributed by atoms with Crippen LogP contribution in [-0.2, 0) is 17.1 Å². The fourth-order valence-corrected chi connectivity index (χ4v) is 2.93. The second kappa shape index (κ2) is 6.51. The van der Waals surface area contributed by atoms with Crippen molar-refractivity contribution in [2.24, 2.45) is 7.05 Å². The molecule has 1 atom stereocenters. The number of hydrogen-bond acceptors (Lipinski definition) is 3. The van der Waals surface area contributed by atoms with Crippen LogP contribution < -0.4 is 10.0 Å². The Morgan fingerprint density at radius 1 is 1.26 bits per heavy atom. The molecule has 0 unspecified atom stereocenters. The molecule has 23 heavy (non-hydrogen) atoms. The molecule has 2 N–H and O–H groups in total. The summed E-state index contributed by atoms with van der Waals surface area (Å²) in [5, 5.41) is 2.76. The van der Waals surface area contributed by atoms with Crippen LogP contribution in [0.4, 0.5) is 4.39 Å². The zero-order valence-corrected chi connectivity index (χ0v) is 13.8. The molecule has 8 heteroatoms. The van der Waals surface area contributed by atoms with Gasteiger partial charge in [-0.15, -0.1) is 0 Å². The van der Waals surface area contributed by atoms with Crippen molar-refractivity contribution < 1.29 is 17.6 Å². The average molecular weight is 339 g/mol. The van der Waals surface area contributed by atoms with Crippen LogP contribution >= 0.6 is 0 Å². The molecule has 0 saturated carbocycles. The fraction of sp³-hybridized carbons (Fsp3) is 0.267. The molecule has 1 heterocycles. The first kappa shape index (κ1) is 17.2. The number of hydrogen-bond donors (Lipinski definition) is 2. The highest BCUT2D eigenvalue weighted by molar-refractivity contribution is 7.89. The third kappa shape index (κ3) is 3.77. The molecular weight excluding hydrogens is 321 g/mol. The van der Waals surface area contributed by atoms with Crippen LogP contribution in [0.1, 0.15) is 29.0 Å². The summed E-state index contributed by atoms with van der Waals surface area (Å²) in [6.45, 7) is 1.76. The smallest absolute Gasteiger partial charge is 0.268 e. The zero-order valence-electron chi connectivity index (χ0n) is 13.0. The number of aryl methyl sites for hydroxylation is 1. The molecule has 6 nitrogen and oxygen atoms in total. The lowest BCUT2D eigenvalue weighted by molar-refractivity contribution is 0.0931. The molecule has 0 aliphatic heterocycles. The van der Waals surface area contributed by atoms with E-state index in [9.17, 15) is 17.6 Å². The van der Waals surface area contributed by atoms with Crippen molar-refractivity contribution in [3.63, 3.8) is 0 Å². The van der Waals surface area contributed by atoms with Crippen molar-refractivity contribution in [3.05, 3.63) is 53.6 Å². The number of halogens is 1. The van der Waals surface area contributed by atoms with E-state index in [1.165, 1.54) is 36.0 Å². The summed E-state index contributed by atoms with van der Waals surface area (Å²) in [6.07, 6.45) is 1.36. The zero-order chi connectivity index (χ0) is 17.2. The maximum absolute atomic E-state index is 12.9. The Morgan fingerprint density at radius 2 is 1.87 bits per heavy atom. The number of nitrogens with zero attached hydrogens (tertiary/aromatic N) is 1. The summed E-state index contributed by atoms with van der Waals surface area (Å²) in [6, 6.07) is 6.77. The van der Waals surface area contributed by atoms with E-state index in [1.807, 2.05) is 0 Å². The maximum Gasteiger partial charge on any atom is 0.268 e. The van der Waals surface area contributed by atoms with Crippen molar-refractivity contribution >= 4 is 15.9 Å². The molecule has 0 radical (unpaired) electrons. The molecule has 0 fully saturated rings. The van der Waals surface area contributed by atoms with Crippen LogP contribution in [0, 0.1) is 5.82 Å². The first-order valence-electron chi connectivity index (χ1n) is 6.91. The number of rotatable bonds is 5. The molecule has 124 valence electrons. The average Bonchev–Trinajstić information content (AvgIpc) is 2.90. The van der Waals surface area contributed by atoms with E-state index in [0.717, 1.165) is 5.56 Å². The molecule has 2 rings (SSSR count). The van der Waals surface area contributed by atoms with Crippen LogP contribution in [0.2, 0.25) is 0 Å². The van der Waals surface area contributed by atoms with Gasteiger partial charge in [0.15, 0.2) is 0 Å². The first-order valence-corrected chi connectivity index (χ1v) is 8.39. The number of carbonyl (C=O) groups excluding carboxylic acids is 1. The number of nitrogens with one attached hydrogen (secondary N) is 2. The highest BCUT2D eigenvalue weighted by atomic mass is 32.2. The largest absolute Gasteiger partial charge is 0.345 e. The molecule has 1 amide bonds. The van der Waals surface area contributed by atoms with Gasteiger partial charge in [0.25, 0.3) is 5.91 Å². The Hall–Kier alpha value is -2.19. The van der Waals surface area contributed by atoms with Gasteiger partial charge in [0, 0.05) is 13.2 Å². The van der Waals surface area contributed by atoms with Gasteiger partial charge < -0.3 is 9.88 Å². The van der Waals surface area contributed by atoms with E-state index < -0.39 is 15.9 Å². The molecule has 0 spiro atoms. The van der Waals surface area contributed by atoms with E-state index in [4.69, 9.17) is 0 Å². The number of aromatic nitrogens is 1. The van der Waals surface area contributed by atoms with Crippen molar-refractivity contribution in [2.75, 3.05) is 7.05 Å². The lowest BCUT2D eigenvalue weighted by Crippen LogP contribution is -2.28. The highest BCUT2D eigenvalue weighted by Crippen LogP contribution is 2.16. The van der Waals surface area contributed by atoms with Crippen LogP contribution in [0.3, 0.4) is 0 Å². The Morgan fingerprint density at radius 3 is 2.43 bits per heavy atom. The van der Waals surface area contributed by atoms with Gasteiger partial charge in [-0.1, -0.05) is 12.1 Å². The molecule has 2 aromatic rings. The maximum atomic E-state index is 12.9. The van der Waals surface area contributed by atoms with E-state index in [1.54, 1.807) is 26.1 Å². The van der Waals surface area contributed by atoms with Gasteiger partial charge in [0.05, 0.1) is 6.04 Å². The minimum absolute atomic E-state index is 0.0158. The molecule has 0 aliphatic carbocycles. The minimum atomic E-state index is -3.61. The monoisotopic (exact) mass is 339 g/mol. The van der Waals surface area contributed by atoms with Gasteiger partial charge in [-0.3, -0.25) is 4.79 Å². The third-order valence-corrected chi connectivity index (χ3v) is 4.89. The molecule has 1 aromatic carbocycles. The summed E-state index contributed by atoms with van der Waals surface area (Å²) in [5.74, 6) is -0.765. The molecule has 0 aliphatic rings. The second-order valence-electron chi connectivity index (χ2n) is 5.13. The van der Waals surface area contributed by atoms with Gasteiger partial charge in [0.2, 0.25) is 10.0 Å². The Balaban J connectivity index is 2.19. The third-order valence-electron chi connectivity index (χ3n) is 3.51. The van der Waals surface area contributed by atoms with E-state index in [-0.39, 0.29) is 22.4 Å². The minimum Gasteiger partial charge on any atom is -0.345 e. The van der Waals surface area contributed by atoms with Crippen molar-refractivity contribution in [1.29, 1.82) is 0 Å². The molecule has 0 bridgehead atoms. The Kier molecular flexibility index (Phi) is 4.86. The predicted octanol–water partition coefficient (Wildman–Crippen LogP) is 1.56. The Bertz CT molecular complexity index is 813. The lowest BCUT2D eigenvalue weighted by atomic mass is 10.1. The van der Waals surface area contributed by atoms with Crippen LogP contribution in [0.25, 0.3) is 0 Å². The SMILES string of the molecule is CNS(=O)(=O)c1cc(C(=O)N[C@H](C)c2ccc(F)cc2)n(C)c1. The van der Waals surface area contributed by atoms with E-state index in [2.05, 4.69) is 10.0 Å². The van der Waals surface area contributed by atoms with Gasteiger partial charge in [-0.25, -0.2) is 17.5 Å². The van der Waals surface area contributed by atoms with E-state index >= 15 is 0 Å². The molecule has 0 saturated heterocycles. The van der Waals surface area contributed by atoms with Gasteiger partial charge in [-0.05, 0) is 37.7 Å². The summed E-state index contributed by atoms with van der Waals surface area (Å²) < 4.78 is 40.1. The van der Waals surface area contributed by atoms with Gasteiger partial charge in [-0.2, -0.15) is 0 Å². The van der Waals surface area contributed by atoms with Gasteiger partial charge >= 0.3 is 0 Å². The van der Waals surface area contributed by atoms with Crippen LogP contribution in [0.15, 0.2) is 41.4 Å².